The Balaban J connectivity index is 1.15. The first-order chi connectivity index (χ1) is 21.2. The maximum Gasteiger partial charge on any atom is 0.261 e. The van der Waals surface area contributed by atoms with Gasteiger partial charge >= 0.3 is 0 Å². The van der Waals surface area contributed by atoms with Gasteiger partial charge in [0.25, 0.3) is 15.9 Å². The van der Waals surface area contributed by atoms with Crippen molar-refractivity contribution in [2.45, 2.75) is 11.8 Å². The molecule has 10 heteroatoms. The van der Waals surface area contributed by atoms with Crippen molar-refractivity contribution in [3.8, 4) is 0 Å². The van der Waals surface area contributed by atoms with Gasteiger partial charge < -0.3 is 20.4 Å². The average Bonchev–Trinajstić information content (AvgIpc) is 3.34. The summed E-state index contributed by atoms with van der Waals surface area (Å²) >= 11 is 0. The van der Waals surface area contributed by atoms with E-state index in [4.69, 9.17) is 0 Å². The molecule has 1 saturated heterocycles. The Labute approximate surface area is 257 Å². The number of anilines is 4. The molecule has 0 unspecified atom stereocenters. The molecule has 1 fully saturated rings. The molecule has 0 bridgehead atoms. The van der Waals surface area contributed by atoms with E-state index < -0.39 is 10.0 Å². The summed E-state index contributed by atoms with van der Waals surface area (Å²) in [6.07, 6.45) is 1.68. The summed E-state index contributed by atoms with van der Waals surface area (Å²) in [6, 6.07) is 26.2. The lowest BCUT2D eigenvalue weighted by Crippen LogP contribution is -2.44. The molecule has 2 heterocycles. The van der Waals surface area contributed by atoms with E-state index in [1.54, 1.807) is 54.7 Å². The zero-order valence-corrected chi connectivity index (χ0v) is 25.3. The number of piperazine rings is 1. The number of carbonyl (C=O) groups excluding carboxylic acids is 2. The molecule has 4 aromatic carbocycles. The standard InChI is InChI=1S/C34H33N5O4S/c1-23-5-3-8-29(19-23)44(42,43)37-27-7-4-6-24(20-27)33(40)25-9-14-30-31(34(41)36-32(30)21-25)22-35-26-10-12-28(13-11-26)39-17-15-38(2)16-18-39/h3-14,19-22,35,37H,15-18H2,1-2H3,(H,36,41). The minimum Gasteiger partial charge on any atom is -0.369 e. The number of carbonyl (C=O) groups is 2. The van der Waals surface area contributed by atoms with Gasteiger partial charge in [-0.1, -0.05) is 36.4 Å². The second-order valence-electron chi connectivity index (χ2n) is 11.1. The third kappa shape index (κ3) is 6.22. The van der Waals surface area contributed by atoms with Gasteiger partial charge in [-0.25, -0.2) is 8.42 Å². The molecule has 3 N–H and O–H groups in total. The Bertz CT molecular complexity index is 1880. The van der Waals surface area contributed by atoms with E-state index in [0.717, 1.165) is 37.4 Å². The van der Waals surface area contributed by atoms with Crippen molar-refractivity contribution in [1.82, 2.24) is 4.90 Å². The van der Waals surface area contributed by atoms with Crippen LogP contribution in [0.4, 0.5) is 22.7 Å². The van der Waals surface area contributed by atoms with E-state index >= 15 is 0 Å². The lowest BCUT2D eigenvalue weighted by Gasteiger charge is -2.34. The fourth-order valence-electron chi connectivity index (χ4n) is 5.35. The first kappa shape index (κ1) is 29.2. The van der Waals surface area contributed by atoms with Crippen molar-refractivity contribution in [2.75, 3.05) is 53.5 Å². The molecule has 2 aliphatic heterocycles. The van der Waals surface area contributed by atoms with Crippen LogP contribution in [-0.2, 0) is 14.8 Å². The monoisotopic (exact) mass is 607 g/mol. The van der Waals surface area contributed by atoms with Gasteiger partial charge in [0.2, 0.25) is 0 Å². The van der Waals surface area contributed by atoms with Crippen LogP contribution in [-0.4, -0.2) is 58.2 Å². The number of sulfonamides is 1. The summed E-state index contributed by atoms with van der Waals surface area (Å²) in [5, 5.41) is 6.07. The third-order valence-electron chi connectivity index (χ3n) is 7.86. The van der Waals surface area contributed by atoms with Crippen LogP contribution < -0.4 is 20.3 Å². The second-order valence-corrected chi connectivity index (χ2v) is 12.8. The number of nitrogens with one attached hydrogen (secondary N) is 3. The molecule has 0 atom stereocenters. The van der Waals surface area contributed by atoms with Gasteiger partial charge in [0.05, 0.1) is 10.5 Å². The maximum absolute atomic E-state index is 13.4. The van der Waals surface area contributed by atoms with Crippen molar-refractivity contribution < 1.29 is 18.0 Å². The van der Waals surface area contributed by atoms with Crippen LogP contribution in [0.3, 0.4) is 0 Å². The minimum atomic E-state index is -3.82. The predicted octanol–water partition coefficient (Wildman–Crippen LogP) is 5.18. The topological polar surface area (TPSA) is 111 Å². The predicted molar refractivity (Wildman–Crippen MR) is 175 cm³/mol. The van der Waals surface area contributed by atoms with Crippen LogP contribution in [0.2, 0.25) is 0 Å². The molecule has 0 saturated carbocycles. The molecule has 9 nitrogen and oxygen atoms in total. The summed E-state index contributed by atoms with van der Waals surface area (Å²) in [4.78, 5) is 31.0. The van der Waals surface area contributed by atoms with Gasteiger partial charge in [0.1, 0.15) is 0 Å². The van der Waals surface area contributed by atoms with Gasteiger partial charge in [0, 0.05) is 71.8 Å². The van der Waals surface area contributed by atoms with Crippen LogP contribution in [0.1, 0.15) is 27.0 Å². The quantitative estimate of drug-likeness (QED) is 0.187. The van der Waals surface area contributed by atoms with E-state index in [2.05, 4.69) is 44.3 Å². The zero-order valence-electron chi connectivity index (χ0n) is 24.5. The van der Waals surface area contributed by atoms with Crippen LogP contribution in [0, 0.1) is 6.92 Å². The molecule has 0 aromatic heterocycles. The Morgan fingerprint density at radius 1 is 0.841 bits per heavy atom. The average molecular weight is 608 g/mol. The van der Waals surface area contributed by atoms with Crippen LogP contribution in [0.5, 0.6) is 0 Å². The number of hydrogen-bond acceptors (Lipinski definition) is 7. The molecule has 0 spiro atoms. The molecule has 44 heavy (non-hydrogen) atoms. The van der Waals surface area contributed by atoms with Crippen molar-refractivity contribution in [3.05, 3.63) is 119 Å². The number of nitrogens with zero attached hydrogens (tertiary/aromatic N) is 2. The SMILES string of the molecule is Cc1cccc(S(=O)(=O)Nc2cccc(C(=O)c3ccc4c(c3)NC(=O)C4=CNc3ccc(N4CCN(C)CC4)cc3)c2)c1. The van der Waals surface area contributed by atoms with E-state index in [-0.39, 0.29) is 22.3 Å². The summed E-state index contributed by atoms with van der Waals surface area (Å²) < 4.78 is 28.3. The van der Waals surface area contributed by atoms with Crippen molar-refractivity contribution in [3.63, 3.8) is 0 Å². The zero-order chi connectivity index (χ0) is 30.8. The summed E-state index contributed by atoms with van der Waals surface area (Å²) in [7, 11) is -1.69. The summed E-state index contributed by atoms with van der Waals surface area (Å²) in [5.74, 6) is -0.562. The van der Waals surface area contributed by atoms with Crippen LogP contribution >= 0.6 is 0 Å². The smallest absolute Gasteiger partial charge is 0.261 e. The molecule has 0 radical (unpaired) electrons. The lowest BCUT2D eigenvalue weighted by atomic mass is 9.99. The fourth-order valence-corrected chi connectivity index (χ4v) is 6.51. The Morgan fingerprint density at radius 2 is 1.57 bits per heavy atom. The van der Waals surface area contributed by atoms with Crippen LogP contribution in [0.25, 0.3) is 5.57 Å². The Hall–Kier alpha value is -4.93. The molecule has 4 aromatic rings. The van der Waals surface area contributed by atoms with Gasteiger partial charge in [-0.2, -0.15) is 0 Å². The number of benzene rings is 4. The summed E-state index contributed by atoms with van der Waals surface area (Å²) in [6.45, 7) is 5.88. The van der Waals surface area contributed by atoms with E-state index in [1.807, 2.05) is 25.1 Å². The largest absolute Gasteiger partial charge is 0.369 e. The lowest BCUT2D eigenvalue weighted by molar-refractivity contribution is -0.110. The van der Waals surface area contributed by atoms with Gasteiger partial charge in [-0.15, -0.1) is 0 Å². The number of ketones is 1. The molecule has 1 amide bonds. The highest BCUT2D eigenvalue weighted by molar-refractivity contribution is 7.92. The van der Waals surface area contributed by atoms with E-state index in [0.29, 0.717) is 28.0 Å². The molecule has 2 aliphatic rings. The molecular weight excluding hydrogens is 574 g/mol. The number of fused-ring (bicyclic) bond motifs is 1. The van der Waals surface area contributed by atoms with Gasteiger partial charge in [-0.05, 0) is 74.1 Å². The molecule has 0 aliphatic carbocycles. The normalized spacial score (nSPS) is 16.0. The minimum absolute atomic E-state index is 0.143. The van der Waals surface area contributed by atoms with Crippen LogP contribution in [0.15, 0.2) is 102 Å². The Morgan fingerprint density at radius 3 is 2.32 bits per heavy atom. The molecule has 224 valence electrons. The number of hydrogen-bond donors (Lipinski definition) is 3. The first-order valence-corrected chi connectivity index (χ1v) is 15.8. The molecular formula is C34H33N5O4S. The Kier molecular flexibility index (Phi) is 7.94. The third-order valence-corrected chi connectivity index (χ3v) is 9.24. The number of likely N-dealkylation sites (N-methyl/N-ethyl adjacent to an activating group) is 1. The van der Waals surface area contributed by atoms with Crippen molar-refractivity contribution in [2.24, 2.45) is 0 Å². The molecule has 6 rings (SSSR count). The van der Waals surface area contributed by atoms with E-state index in [1.165, 1.54) is 17.8 Å². The number of amides is 1. The highest BCUT2D eigenvalue weighted by atomic mass is 32.2. The fraction of sp³-hybridized carbons (Fsp3) is 0.176. The summed E-state index contributed by atoms with van der Waals surface area (Å²) in [5.41, 5.74) is 5.52. The van der Waals surface area contributed by atoms with Crippen molar-refractivity contribution in [1.29, 1.82) is 0 Å². The maximum atomic E-state index is 13.4. The second kappa shape index (κ2) is 12.0. The highest BCUT2D eigenvalue weighted by Gasteiger charge is 2.26. The number of rotatable bonds is 8. The van der Waals surface area contributed by atoms with E-state index in [9.17, 15) is 18.0 Å². The van der Waals surface area contributed by atoms with Gasteiger partial charge in [0.15, 0.2) is 5.78 Å². The van der Waals surface area contributed by atoms with Crippen molar-refractivity contribution >= 4 is 50.0 Å². The first-order valence-electron chi connectivity index (χ1n) is 14.4. The highest BCUT2D eigenvalue weighted by Crippen LogP contribution is 2.33. The van der Waals surface area contributed by atoms with Gasteiger partial charge in [-0.3, -0.25) is 14.3 Å². The number of aryl methyl sites for hydroxylation is 1.